The van der Waals surface area contributed by atoms with Gasteiger partial charge in [-0.05, 0) is 31.2 Å². The Morgan fingerprint density at radius 1 is 1.03 bits per heavy atom. The van der Waals surface area contributed by atoms with Gasteiger partial charge < -0.3 is 14.2 Å². The van der Waals surface area contributed by atoms with Crippen LogP contribution in [0.2, 0.25) is 5.15 Å². The van der Waals surface area contributed by atoms with Gasteiger partial charge in [-0.15, -0.1) is 0 Å². The quantitative estimate of drug-likeness (QED) is 0.281. The van der Waals surface area contributed by atoms with Gasteiger partial charge in [0.1, 0.15) is 24.6 Å². The fraction of sp³-hybridized carbons (Fsp3) is 0.240. The molecule has 4 atom stereocenters. The molecule has 1 aliphatic heterocycles. The number of hydrogen-bond donors (Lipinski definition) is 0. The van der Waals surface area contributed by atoms with E-state index < -0.39 is 36.0 Å². The summed E-state index contributed by atoms with van der Waals surface area (Å²) in [6, 6.07) is 16.5. The molecule has 0 radical (unpaired) electrons. The van der Waals surface area contributed by atoms with Crippen LogP contribution < -0.4 is 0 Å². The van der Waals surface area contributed by atoms with Crippen molar-refractivity contribution < 1.29 is 28.2 Å². The van der Waals surface area contributed by atoms with Crippen LogP contribution in [0.15, 0.2) is 73.3 Å². The van der Waals surface area contributed by atoms with Gasteiger partial charge >= 0.3 is 11.9 Å². The second kappa shape index (κ2) is 9.63. The van der Waals surface area contributed by atoms with Gasteiger partial charge in [-0.1, -0.05) is 48.0 Å². The molecule has 2 aromatic heterocycles. The third-order valence-corrected chi connectivity index (χ3v) is 6.16. The van der Waals surface area contributed by atoms with Crippen molar-refractivity contribution in [2.24, 2.45) is 0 Å². The maximum absolute atomic E-state index is 16.4. The number of imidazole rings is 1. The molecule has 0 saturated carbocycles. The van der Waals surface area contributed by atoms with Crippen LogP contribution in [0.1, 0.15) is 33.9 Å². The van der Waals surface area contributed by atoms with Gasteiger partial charge in [-0.25, -0.2) is 28.9 Å². The lowest BCUT2D eigenvalue weighted by Crippen LogP contribution is -2.44. The van der Waals surface area contributed by atoms with E-state index in [1.807, 2.05) is 0 Å². The molecule has 1 unspecified atom stereocenters. The Morgan fingerprint density at radius 3 is 2.33 bits per heavy atom. The lowest BCUT2D eigenvalue weighted by atomic mass is 9.98. The van der Waals surface area contributed by atoms with Crippen LogP contribution in [0.25, 0.3) is 11.2 Å². The van der Waals surface area contributed by atoms with E-state index in [1.165, 1.54) is 24.1 Å². The Labute approximate surface area is 209 Å². The van der Waals surface area contributed by atoms with Gasteiger partial charge in [0, 0.05) is 0 Å². The molecular formula is C25H20ClFN4O5. The molecule has 0 amide bonds. The molecule has 1 saturated heterocycles. The number of rotatable bonds is 6. The Bertz CT molecular complexity index is 1400. The van der Waals surface area contributed by atoms with Gasteiger partial charge in [-0.3, -0.25) is 4.57 Å². The highest BCUT2D eigenvalue weighted by atomic mass is 35.5. The molecule has 2 aromatic carbocycles. The molecule has 0 N–H and O–H groups in total. The first-order valence-electron chi connectivity index (χ1n) is 11.0. The van der Waals surface area contributed by atoms with Crippen molar-refractivity contribution in [3.63, 3.8) is 0 Å². The van der Waals surface area contributed by atoms with Crippen molar-refractivity contribution in [3.05, 3.63) is 89.6 Å². The summed E-state index contributed by atoms with van der Waals surface area (Å²) in [6.07, 6.45) is -1.32. The van der Waals surface area contributed by atoms with E-state index in [0.29, 0.717) is 5.56 Å². The highest BCUT2D eigenvalue weighted by molar-refractivity contribution is 6.33. The highest BCUT2D eigenvalue weighted by Gasteiger charge is 2.58. The minimum atomic E-state index is -2.26. The number of esters is 2. The third kappa shape index (κ3) is 4.40. The minimum absolute atomic E-state index is 0.0951. The summed E-state index contributed by atoms with van der Waals surface area (Å²) in [5.41, 5.74) is -1.21. The molecule has 184 valence electrons. The number of benzene rings is 2. The van der Waals surface area contributed by atoms with E-state index >= 15 is 4.39 Å². The number of ether oxygens (including phenoxy) is 3. The van der Waals surface area contributed by atoms with E-state index in [-0.39, 0.29) is 28.5 Å². The van der Waals surface area contributed by atoms with Gasteiger partial charge in [0.25, 0.3) is 0 Å². The van der Waals surface area contributed by atoms with Crippen molar-refractivity contribution in [2.75, 3.05) is 6.61 Å². The standard InChI is InChI=1S/C25H20ClFN4O5/c1-25(27)19(36-23(33)16-10-6-3-7-11-16)17(12-34-22(32)15-8-4-2-5-9-15)35-24(25)31-14-30-18-20(26)28-13-29-21(18)31/h2-11,13-14,17,19,24H,12H2,1H3/t17-,19-,24?,25-/m1/s1. The van der Waals surface area contributed by atoms with E-state index in [2.05, 4.69) is 15.0 Å². The summed E-state index contributed by atoms with van der Waals surface area (Å²) in [7, 11) is 0. The highest BCUT2D eigenvalue weighted by Crippen LogP contribution is 2.44. The Morgan fingerprint density at radius 2 is 1.67 bits per heavy atom. The smallest absolute Gasteiger partial charge is 0.338 e. The predicted molar refractivity (Wildman–Crippen MR) is 126 cm³/mol. The van der Waals surface area contributed by atoms with Gasteiger partial charge in [-0.2, -0.15) is 0 Å². The van der Waals surface area contributed by atoms with Crippen LogP contribution in [-0.2, 0) is 14.2 Å². The molecule has 11 heteroatoms. The minimum Gasteiger partial charge on any atom is -0.459 e. The van der Waals surface area contributed by atoms with Crippen LogP contribution in [0.5, 0.6) is 0 Å². The third-order valence-electron chi connectivity index (χ3n) is 5.88. The van der Waals surface area contributed by atoms with Gasteiger partial charge in [0.15, 0.2) is 28.8 Å². The molecule has 0 bridgehead atoms. The molecule has 0 spiro atoms. The number of aromatic nitrogens is 4. The number of alkyl halides is 1. The molecular weight excluding hydrogens is 491 g/mol. The number of fused-ring (bicyclic) bond motifs is 1. The first-order valence-corrected chi connectivity index (χ1v) is 11.4. The van der Waals surface area contributed by atoms with Crippen LogP contribution >= 0.6 is 11.6 Å². The second-order valence-corrected chi connectivity index (χ2v) is 8.68. The number of carbonyl (C=O) groups is 2. The molecule has 0 aliphatic carbocycles. The summed E-state index contributed by atoms with van der Waals surface area (Å²) in [4.78, 5) is 37.5. The molecule has 4 aromatic rings. The average Bonchev–Trinajstić information content (AvgIpc) is 3.42. The van der Waals surface area contributed by atoms with Crippen molar-refractivity contribution in [1.29, 1.82) is 0 Å². The Balaban J connectivity index is 1.45. The normalized spacial score (nSPS) is 23.5. The van der Waals surface area contributed by atoms with Crippen molar-refractivity contribution in [1.82, 2.24) is 19.5 Å². The molecule has 36 heavy (non-hydrogen) atoms. The largest absolute Gasteiger partial charge is 0.459 e. The number of hydrogen-bond acceptors (Lipinski definition) is 8. The first-order chi connectivity index (χ1) is 17.4. The summed E-state index contributed by atoms with van der Waals surface area (Å²) in [5, 5.41) is 0.0951. The molecule has 3 heterocycles. The first kappa shape index (κ1) is 23.8. The number of nitrogens with zero attached hydrogens (tertiary/aromatic N) is 4. The van der Waals surface area contributed by atoms with Crippen LogP contribution in [0.3, 0.4) is 0 Å². The van der Waals surface area contributed by atoms with E-state index in [4.69, 9.17) is 25.8 Å². The average molecular weight is 511 g/mol. The zero-order valence-electron chi connectivity index (χ0n) is 19.0. The van der Waals surface area contributed by atoms with Crippen LogP contribution in [0.4, 0.5) is 4.39 Å². The monoisotopic (exact) mass is 510 g/mol. The molecule has 1 fully saturated rings. The Kier molecular flexibility index (Phi) is 6.38. The summed E-state index contributed by atoms with van der Waals surface area (Å²) in [6.45, 7) is 0.882. The van der Waals surface area contributed by atoms with Crippen LogP contribution in [-0.4, -0.2) is 55.9 Å². The van der Waals surface area contributed by atoms with E-state index in [1.54, 1.807) is 60.7 Å². The van der Waals surface area contributed by atoms with Crippen molar-refractivity contribution in [3.8, 4) is 0 Å². The van der Waals surface area contributed by atoms with Gasteiger partial charge in [0.2, 0.25) is 0 Å². The van der Waals surface area contributed by atoms with E-state index in [0.717, 1.165) is 0 Å². The topological polar surface area (TPSA) is 105 Å². The van der Waals surface area contributed by atoms with Crippen molar-refractivity contribution >= 4 is 34.7 Å². The Hall–Kier alpha value is -3.89. The zero-order valence-corrected chi connectivity index (χ0v) is 19.7. The maximum Gasteiger partial charge on any atom is 0.338 e. The predicted octanol–water partition coefficient (Wildman–Crippen LogP) is 4.19. The number of carbonyl (C=O) groups excluding carboxylic acids is 2. The second-order valence-electron chi connectivity index (χ2n) is 8.32. The lowest BCUT2D eigenvalue weighted by Gasteiger charge is -2.27. The molecule has 1 aliphatic rings. The zero-order chi connectivity index (χ0) is 25.3. The summed E-state index contributed by atoms with van der Waals surface area (Å²) < 4.78 is 34.8. The molecule has 5 rings (SSSR count). The van der Waals surface area contributed by atoms with Gasteiger partial charge in [0.05, 0.1) is 17.5 Å². The van der Waals surface area contributed by atoms with Crippen molar-refractivity contribution in [2.45, 2.75) is 31.0 Å². The van der Waals surface area contributed by atoms with E-state index in [9.17, 15) is 9.59 Å². The lowest BCUT2D eigenvalue weighted by molar-refractivity contribution is -0.0611. The summed E-state index contributed by atoms with van der Waals surface area (Å²) >= 11 is 6.10. The summed E-state index contributed by atoms with van der Waals surface area (Å²) in [5.74, 6) is -1.36. The fourth-order valence-electron chi connectivity index (χ4n) is 4.10. The number of halogens is 2. The fourth-order valence-corrected chi connectivity index (χ4v) is 4.27. The van der Waals surface area contributed by atoms with Crippen LogP contribution in [0, 0.1) is 0 Å². The molecule has 9 nitrogen and oxygen atoms in total. The maximum atomic E-state index is 16.4. The SMILES string of the molecule is C[C@]1(F)C(n2cnc3c(Cl)ncnc32)O[C@H](COC(=O)c2ccccc2)[C@H]1OC(=O)c1ccccc1.